The fourth-order valence-corrected chi connectivity index (χ4v) is 2.31. The monoisotopic (exact) mass is 305 g/mol. The van der Waals surface area contributed by atoms with E-state index in [-0.39, 0.29) is 0 Å². The Balaban J connectivity index is 2.98. The summed E-state index contributed by atoms with van der Waals surface area (Å²) in [5.74, 6) is 0.745. The van der Waals surface area contributed by atoms with Gasteiger partial charge in [-0.1, -0.05) is 12.7 Å². The molecule has 0 aliphatic rings. The first-order valence-corrected chi connectivity index (χ1v) is 5.22. The zero-order valence-electron chi connectivity index (χ0n) is 6.89. The summed E-state index contributed by atoms with van der Waals surface area (Å²) in [4.78, 5) is 0. The van der Waals surface area contributed by atoms with E-state index in [2.05, 4.69) is 38.4 Å². The van der Waals surface area contributed by atoms with Crippen LogP contribution in [0.2, 0.25) is 0 Å². The molecule has 2 nitrogen and oxygen atoms in total. The van der Waals surface area contributed by atoms with Gasteiger partial charge in [-0.25, -0.2) is 0 Å². The molecule has 0 unspecified atom stereocenters. The van der Waals surface area contributed by atoms with E-state index in [4.69, 9.17) is 10.5 Å². The average Bonchev–Trinajstić information content (AvgIpc) is 2.02. The Labute approximate surface area is 94.0 Å². The lowest BCUT2D eigenvalue weighted by molar-refractivity contribution is 0.358. The Morgan fingerprint density at radius 2 is 1.92 bits per heavy atom. The maximum atomic E-state index is 5.62. The maximum absolute atomic E-state index is 5.62. The van der Waals surface area contributed by atoms with Gasteiger partial charge in [-0.2, -0.15) is 0 Å². The minimum atomic E-state index is 0.473. The lowest BCUT2D eigenvalue weighted by Gasteiger charge is -2.08. The Morgan fingerprint density at radius 3 is 2.38 bits per heavy atom. The molecule has 1 rings (SSSR count). The van der Waals surface area contributed by atoms with Crippen LogP contribution in [0.25, 0.3) is 0 Å². The lowest BCUT2D eigenvalue weighted by Crippen LogP contribution is -1.96. The van der Waals surface area contributed by atoms with Gasteiger partial charge < -0.3 is 10.5 Å². The normalized spacial score (nSPS) is 9.69. The molecular formula is C9H9Br2NO. The number of hydrogen-bond donors (Lipinski definition) is 1. The molecule has 0 saturated carbocycles. The first-order valence-electron chi connectivity index (χ1n) is 3.63. The van der Waals surface area contributed by atoms with Crippen LogP contribution in [0.4, 0.5) is 5.69 Å². The standard InChI is InChI=1S/C9H9Br2NO/c1-2-3-13-9-7(10)4-6(12)5-8(9)11/h2,4-5H,1,3,12H2. The van der Waals surface area contributed by atoms with Crippen molar-refractivity contribution in [2.45, 2.75) is 0 Å². The van der Waals surface area contributed by atoms with Crippen LogP contribution in [0.15, 0.2) is 33.7 Å². The van der Waals surface area contributed by atoms with E-state index in [1.807, 2.05) is 0 Å². The molecule has 70 valence electrons. The van der Waals surface area contributed by atoms with Gasteiger partial charge in [0, 0.05) is 5.69 Å². The molecule has 0 atom stereocenters. The highest BCUT2D eigenvalue weighted by Gasteiger charge is 2.06. The number of hydrogen-bond acceptors (Lipinski definition) is 2. The predicted octanol–water partition coefficient (Wildman–Crippen LogP) is 3.36. The predicted molar refractivity (Wildman–Crippen MR) is 61.9 cm³/mol. The van der Waals surface area contributed by atoms with Gasteiger partial charge in [-0.05, 0) is 44.0 Å². The average molecular weight is 307 g/mol. The molecule has 0 saturated heterocycles. The quantitative estimate of drug-likeness (QED) is 0.686. The molecule has 0 aliphatic carbocycles. The number of nitrogens with two attached hydrogens (primary N) is 1. The van der Waals surface area contributed by atoms with Crippen molar-refractivity contribution in [1.29, 1.82) is 0 Å². The third-order valence-electron chi connectivity index (χ3n) is 1.37. The Hall–Kier alpha value is -0.480. The van der Waals surface area contributed by atoms with Gasteiger partial charge in [0.25, 0.3) is 0 Å². The summed E-state index contributed by atoms with van der Waals surface area (Å²) in [7, 11) is 0. The number of ether oxygens (including phenoxy) is 1. The Morgan fingerprint density at radius 1 is 1.38 bits per heavy atom. The number of rotatable bonds is 3. The van der Waals surface area contributed by atoms with Crippen LogP contribution in [0.1, 0.15) is 0 Å². The highest BCUT2D eigenvalue weighted by atomic mass is 79.9. The summed E-state index contributed by atoms with van der Waals surface area (Å²) in [6.07, 6.45) is 1.69. The SMILES string of the molecule is C=CCOc1c(Br)cc(N)cc1Br. The van der Waals surface area contributed by atoms with Crippen LogP contribution in [0.5, 0.6) is 5.75 Å². The van der Waals surface area contributed by atoms with Crippen molar-refractivity contribution in [3.05, 3.63) is 33.7 Å². The maximum Gasteiger partial charge on any atom is 0.148 e. The van der Waals surface area contributed by atoms with Crippen molar-refractivity contribution in [3.63, 3.8) is 0 Å². The first kappa shape index (κ1) is 10.6. The van der Waals surface area contributed by atoms with E-state index < -0.39 is 0 Å². The zero-order valence-corrected chi connectivity index (χ0v) is 10.1. The molecule has 0 fully saturated rings. The van der Waals surface area contributed by atoms with Gasteiger partial charge in [0.2, 0.25) is 0 Å². The molecule has 2 N–H and O–H groups in total. The zero-order chi connectivity index (χ0) is 9.84. The molecular weight excluding hydrogens is 298 g/mol. The second-order valence-corrected chi connectivity index (χ2v) is 4.12. The Bertz CT molecular complexity index is 302. The van der Waals surface area contributed by atoms with E-state index in [0.717, 1.165) is 14.7 Å². The van der Waals surface area contributed by atoms with Crippen molar-refractivity contribution >= 4 is 37.5 Å². The van der Waals surface area contributed by atoms with E-state index >= 15 is 0 Å². The van der Waals surface area contributed by atoms with Crippen molar-refractivity contribution < 1.29 is 4.74 Å². The topological polar surface area (TPSA) is 35.2 Å². The lowest BCUT2D eigenvalue weighted by atomic mass is 10.3. The number of nitrogen functional groups attached to an aromatic ring is 1. The van der Waals surface area contributed by atoms with Crippen LogP contribution in [0, 0.1) is 0 Å². The second-order valence-electron chi connectivity index (χ2n) is 2.41. The van der Waals surface area contributed by atoms with Gasteiger partial charge in [0.05, 0.1) is 8.95 Å². The van der Waals surface area contributed by atoms with Gasteiger partial charge in [-0.15, -0.1) is 0 Å². The molecule has 0 heterocycles. The molecule has 13 heavy (non-hydrogen) atoms. The smallest absolute Gasteiger partial charge is 0.148 e. The fourth-order valence-electron chi connectivity index (χ4n) is 0.860. The van der Waals surface area contributed by atoms with Gasteiger partial charge in [0.15, 0.2) is 0 Å². The highest BCUT2D eigenvalue weighted by molar-refractivity contribution is 9.11. The molecule has 0 aromatic heterocycles. The minimum absolute atomic E-state index is 0.473. The summed E-state index contributed by atoms with van der Waals surface area (Å²) in [6, 6.07) is 3.59. The van der Waals surface area contributed by atoms with Crippen LogP contribution in [-0.2, 0) is 0 Å². The number of anilines is 1. The van der Waals surface area contributed by atoms with Crippen LogP contribution in [-0.4, -0.2) is 6.61 Å². The van der Waals surface area contributed by atoms with Crippen molar-refractivity contribution in [3.8, 4) is 5.75 Å². The molecule has 0 spiro atoms. The van der Waals surface area contributed by atoms with Crippen molar-refractivity contribution in [2.75, 3.05) is 12.3 Å². The number of halogens is 2. The Kier molecular flexibility index (Phi) is 3.81. The van der Waals surface area contributed by atoms with E-state index in [1.165, 1.54) is 0 Å². The second kappa shape index (κ2) is 4.67. The summed E-state index contributed by atoms with van der Waals surface area (Å²) < 4.78 is 7.07. The number of benzene rings is 1. The van der Waals surface area contributed by atoms with Gasteiger partial charge in [-0.3, -0.25) is 0 Å². The van der Waals surface area contributed by atoms with E-state index in [0.29, 0.717) is 12.3 Å². The third kappa shape index (κ3) is 2.74. The minimum Gasteiger partial charge on any atom is -0.487 e. The van der Waals surface area contributed by atoms with Crippen molar-refractivity contribution in [1.82, 2.24) is 0 Å². The summed E-state index contributed by atoms with van der Waals surface area (Å²) >= 11 is 6.72. The van der Waals surface area contributed by atoms with E-state index in [1.54, 1.807) is 18.2 Å². The van der Waals surface area contributed by atoms with Gasteiger partial charge in [0.1, 0.15) is 12.4 Å². The van der Waals surface area contributed by atoms with Crippen LogP contribution >= 0.6 is 31.9 Å². The molecule has 4 heteroatoms. The molecule has 0 amide bonds. The molecule has 1 aromatic carbocycles. The summed E-state index contributed by atoms with van der Waals surface area (Å²) in [5.41, 5.74) is 6.31. The van der Waals surface area contributed by atoms with Crippen molar-refractivity contribution in [2.24, 2.45) is 0 Å². The molecule has 1 aromatic rings. The van der Waals surface area contributed by atoms with E-state index in [9.17, 15) is 0 Å². The largest absolute Gasteiger partial charge is 0.487 e. The highest BCUT2D eigenvalue weighted by Crippen LogP contribution is 2.35. The summed E-state index contributed by atoms with van der Waals surface area (Å²) in [5, 5.41) is 0. The fraction of sp³-hybridized carbons (Fsp3) is 0.111. The summed E-state index contributed by atoms with van der Waals surface area (Å²) in [6.45, 7) is 4.05. The molecule has 0 bridgehead atoms. The van der Waals surface area contributed by atoms with Gasteiger partial charge >= 0.3 is 0 Å². The third-order valence-corrected chi connectivity index (χ3v) is 2.54. The van der Waals surface area contributed by atoms with Crippen LogP contribution in [0.3, 0.4) is 0 Å². The first-order chi connectivity index (χ1) is 6.15. The van der Waals surface area contributed by atoms with Crippen LogP contribution < -0.4 is 10.5 Å². The molecule has 0 radical (unpaired) electrons. The molecule has 0 aliphatic heterocycles.